The van der Waals surface area contributed by atoms with Crippen molar-refractivity contribution in [1.82, 2.24) is 14.7 Å². The van der Waals surface area contributed by atoms with Gasteiger partial charge in [-0.05, 0) is 56.5 Å². The Hall–Kier alpha value is -2.86. The van der Waals surface area contributed by atoms with E-state index in [2.05, 4.69) is 84.3 Å². The van der Waals surface area contributed by atoms with Gasteiger partial charge in [0.1, 0.15) is 11.4 Å². The van der Waals surface area contributed by atoms with Gasteiger partial charge in [-0.15, -0.1) is 12.4 Å². The number of carbonyl (C=O) groups excluding carboxylic acids is 1. The molecule has 5 nitrogen and oxygen atoms in total. The number of amides is 1. The molecule has 1 unspecified atom stereocenters. The average molecular weight is 548 g/mol. The molecule has 39 heavy (non-hydrogen) atoms. The molecule has 208 valence electrons. The van der Waals surface area contributed by atoms with Gasteiger partial charge < -0.3 is 9.64 Å². The summed E-state index contributed by atoms with van der Waals surface area (Å²) in [6.45, 7) is 14.8. The summed E-state index contributed by atoms with van der Waals surface area (Å²) in [6, 6.07) is 25.7. The van der Waals surface area contributed by atoms with Crippen LogP contribution in [-0.4, -0.2) is 65.5 Å². The highest BCUT2D eigenvalue weighted by molar-refractivity contribution is 5.94. The molecule has 0 aromatic heterocycles. The zero-order valence-corrected chi connectivity index (χ0v) is 24.5. The fraction of sp³-hybridized carbons (Fsp3) is 0.424. The van der Waals surface area contributed by atoms with Crippen molar-refractivity contribution in [3.63, 3.8) is 0 Å². The van der Waals surface area contributed by atoms with E-state index in [0.29, 0.717) is 0 Å². The summed E-state index contributed by atoms with van der Waals surface area (Å²) in [7, 11) is 0. The molecule has 2 aliphatic rings. The lowest BCUT2D eigenvalue weighted by Crippen LogP contribution is -2.47. The zero-order valence-electron chi connectivity index (χ0n) is 23.7. The van der Waals surface area contributed by atoms with Crippen LogP contribution < -0.4 is 4.74 Å². The molecule has 1 saturated heterocycles. The molecule has 5 rings (SSSR count). The van der Waals surface area contributed by atoms with Crippen molar-refractivity contribution in [3.8, 4) is 5.75 Å². The number of rotatable bonds is 8. The molecule has 2 aliphatic heterocycles. The number of benzene rings is 3. The maximum atomic E-state index is 13.0. The summed E-state index contributed by atoms with van der Waals surface area (Å²) >= 11 is 0. The standard InChI is InChI=1S/C33H41N3O2.ClH/c1-5-35(6-2)32(37)27-17-15-26(16-18-27)30(29-14-10-13-28-23-33(3,4)38-31(28)29)36-21-19-34(20-22-36)24-25-11-8-7-9-12-25;/h7-18,30H,5-6,19-24H2,1-4H3;1H. The lowest BCUT2D eigenvalue weighted by molar-refractivity contribution is 0.0772. The third-order valence-electron chi connectivity index (χ3n) is 7.96. The van der Waals surface area contributed by atoms with Gasteiger partial charge >= 0.3 is 0 Å². The zero-order chi connectivity index (χ0) is 26.7. The third kappa shape index (κ3) is 6.49. The maximum absolute atomic E-state index is 13.0. The largest absolute Gasteiger partial charge is 0.487 e. The highest BCUT2D eigenvalue weighted by Crippen LogP contribution is 2.43. The number of ether oxygens (including phenoxy) is 1. The first-order valence-corrected chi connectivity index (χ1v) is 14.1. The lowest BCUT2D eigenvalue weighted by atomic mass is 9.92. The Bertz CT molecular complexity index is 1230. The van der Waals surface area contributed by atoms with Gasteiger partial charge in [-0.1, -0.05) is 60.7 Å². The molecular formula is C33H42ClN3O2. The minimum atomic E-state index is -0.197. The Kier molecular flexibility index (Phi) is 9.37. The molecule has 1 amide bonds. The van der Waals surface area contributed by atoms with Crippen molar-refractivity contribution >= 4 is 18.3 Å². The van der Waals surface area contributed by atoms with Crippen LogP contribution in [-0.2, 0) is 13.0 Å². The van der Waals surface area contributed by atoms with E-state index in [9.17, 15) is 4.79 Å². The number of para-hydroxylation sites is 1. The number of fused-ring (bicyclic) bond motifs is 1. The number of nitrogens with zero attached hydrogens (tertiary/aromatic N) is 3. The topological polar surface area (TPSA) is 36.0 Å². The van der Waals surface area contributed by atoms with E-state index in [4.69, 9.17) is 4.74 Å². The Balaban J connectivity index is 0.00000353. The van der Waals surface area contributed by atoms with Gasteiger partial charge in [-0.25, -0.2) is 0 Å². The molecular weight excluding hydrogens is 506 g/mol. The van der Waals surface area contributed by atoms with Crippen LogP contribution in [0.15, 0.2) is 72.8 Å². The molecule has 0 N–H and O–H groups in total. The Morgan fingerprint density at radius 1 is 0.897 bits per heavy atom. The Morgan fingerprint density at radius 3 is 2.21 bits per heavy atom. The second-order valence-electron chi connectivity index (χ2n) is 11.2. The first kappa shape index (κ1) is 29.1. The van der Waals surface area contributed by atoms with E-state index < -0.39 is 0 Å². The molecule has 0 spiro atoms. The molecule has 6 heteroatoms. The highest BCUT2D eigenvalue weighted by Gasteiger charge is 2.36. The van der Waals surface area contributed by atoms with Crippen molar-refractivity contribution in [2.24, 2.45) is 0 Å². The Labute approximate surface area is 240 Å². The molecule has 1 fully saturated rings. The molecule has 1 atom stereocenters. The van der Waals surface area contributed by atoms with Gasteiger partial charge in [-0.3, -0.25) is 14.6 Å². The molecule has 0 bridgehead atoms. The fourth-order valence-corrected chi connectivity index (χ4v) is 5.96. The van der Waals surface area contributed by atoms with Crippen LogP contribution in [0.1, 0.15) is 66.3 Å². The van der Waals surface area contributed by atoms with Crippen molar-refractivity contribution in [2.75, 3.05) is 39.3 Å². The van der Waals surface area contributed by atoms with E-state index in [1.54, 1.807) is 0 Å². The average Bonchev–Trinajstić information content (AvgIpc) is 3.26. The van der Waals surface area contributed by atoms with E-state index in [1.807, 2.05) is 30.9 Å². The van der Waals surface area contributed by atoms with Crippen LogP contribution in [0, 0.1) is 0 Å². The number of hydrogen-bond donors (Lipinski definition) is 0. The predicted molar refractivity (Wildman–Crippen MR) is 161 cm³/mol. The first-order chi connectivity index (χ1) is 18.4. The normalized spacial score (nSPS) is 17.5. The van der Waals surface area contributed by atoms with Crippen molar-refractivity contribution in [1.29, 1.82) is 0 Å². The van der Waals surface area contributed by atoms with Crippen molar-refractivity contribution in [2.45, 2.75) is 52.3 Å². The highest BCUT2D eigenvalue weighted by atomic mass is 35.5. The molecule has 0 aliphatic carbocycles. The smallest absolute Gasteiger partial charge is 0.253 e. The van der Waals surface area contributed by atoms with Crippen molar-refractivity contribution in [3.05, 3.63) is 101 Å². The summed E-state index contributed by atoms with van der Waals surface area (Å²) in [4.78, 5) is 20.0. The van der Waals surface area contributed by atoms with Crippen LogP contribution in [0.4, 0.5) is 0 Å². The lowest BCUT2D eigenvalue weighted by Gasteiger charge is -2.40. The van der Waals surface area contributed by atoms with E-state index in [-0.39, 0.29) is 30.0 Å². The maximum Gasteiger partial charge on any atom is 0.253 e. The van der Waals surface area contributed by atoms with Gasteiger partial charge in [-0.2, -0.15) is 0 Å². The molecule has 3 aromatic carbocycles. The fourth-order valence-electron chi connectivity index (χ4n) is 5.96. The van der Waals surface area contributed by atoms with Crippen LogP contribution in [0.5, 0.6) is 5.75 Å². The Morgan fingerprint density at radius 2 is 1.56 bits per heavy atom. The summed E-state index contributed by atoms with van der Waals surface area (Å²) < 4.78 is 6.54. The van der Waals surface area contributed by atoms with Gasteiger partial charge in [0.05, 0.1) is 6.04 Å². The molecule has 2 heterocycles. The van der Waals surface area contributed by atoms with Gasteiger partial charge in [0.15, 0.2) is 0 Å². The van der Waals surface area contributed by atoms with Crippen LogP contribution in [0.2, 0.25) is 0 Å². The second-order valence-corrected chi connectivity index (χ2v) is 11.2. The minimum Gasteiger partial charge on any atom is -0.487 e. The molecule has 0 radical (unpaired) electrons. The number of halogens is 1. The summed E-state index contributed by atoms with van der Waals surface area (Å²) in [5, 5.41) is 0. The van der Waals surface area contributed by atoms with E-state index in [0.717, 1.165) is 63.5 Å². The van der Waals surface area contributed by atoms with Gasteiger partial charge in [0.25, 0.3) is 5.91 Å². The predicted octanol–water partition coefficient (Wildman–Crippen LogP) is 6.21. The molecule has 0 saturated carbocycles. The van der Waals surface area contributed by atoms with Crippen LogP contribution in [0.25, 0.3) is 0 Å². The second kappa shape index (κ2) is 12.5. The summed E-state index contributed by atoms with van der Waals surface area (Å²) in [5.41, 5.74) is 5.64. The number of carbonyl (C=O) groups is 1. The quantitative estimate of drug-likeness (QED) is 0.336. The summed E-state index contributed by atoms with van der Waals surface area (Å²) in [5.74, 6) is 1.14. The molecule has 3 aromatic rings. The SMILES string of the molecule is CCN(CC)C(=O)c1ccc(C(c2cccc3c2OC(C)(C)C3)N2CCN(Cc3ccccc3)CC2)cc1.Cl. The van der Waals surface area contributed by atoms with Crippen LogP contribution in [0.3, 0.4) is 0 Å². The van der Waals surface area contributed by atoms with E-state index in [1.165, 1.54) is 22.3 Å². The minimum absolute atomic E-state index is 0. The number of piperazine rings is 1. The number of hydrogen-bond acceptors (Lipinski definition) is 4. The van der Waals surface area contributed by atoms with Gasteiger partial charge in [0.2, 0.25) is 0 Å². The van der Waals surface area contributed by atoms with Gasteiger partial charge in [0, 0.05) is 63.4 Å². The first-order valence-electron chi connectivity index (χ1n) is 14.1. The van der Waals surface area contributed by atoms with Crippen LogP contribution >= 0.6 is 12.4 Å². The van der Waals surface area contributed by atoms with Crippen molar-refractivity contribution < 1.29 is 9.53 Å². The van der Waals surface area contributed by atoms with E-state index >= 15 is 0 Å². The summed E-state index contributed by atoms with van der Waals surface area (Å²) in [6.07, 6.45) is 0.922. The third-order valence-corrected chi connectivity index (χ3v) is 7.96. The monoisotopic (exact) mass is 547 g/mol.